The summed E-state index contributed by atoms with van der Waals surface area (Å²) in [5.41, 5.74) is 1.32. The van der Waals surface area contributed by atoms with Gasteiger partial charge in [-0.25, -0.2) is 0 Å². The molecule has 0 radical (unpaired) electrons. The van der Waals surface area contributed by atoms with E-state index in [1.54, 1.807) is 12.1 Å². The fourth-order valence-corrected chi connectivity index (χ4v) is 2.61. The average Bonchev–Trinajstić information content (AvgIpc) is 2.41. The smallest absolute Gasteiger partial charge is 0.283 e. The van der Waals surface area contributed by atoms with Gasteiger partial charge in [-0.1, -0.05) is 36.0 Å². The van der Waals surface area contributed by atoms with Crippen molar-refractivity contribution in [3.05, 3.63) is 63.7 Å². The Morgan fingerprint density at radius 3 is 2.53 bits per heavy atom. The van der Waals surface area contributed by atoms with Crippen molar-refractivity contribution in [2.75, 3.05) is 0 Å². The van der Waals surface area contributed by atoms with Crippen molar-refractivity contribution in [2.45, 2.75) is 16.7 Å². The Morgan fingerprint density at radius 1 is 1.16 bits per heavy atom. The second-order valence-electron chi connectivity index (χ2n) is 3.97. The van der Waals surface area contributed by atoms with Gasteiger partial charge in [0.25, 0.3) is 5.69 Å². The summed E-state index contributed by atoms with van der Waals surface area (Å²) < 4.78 is 0. The Kier molecular flexibility index (Phi) is 3.97. The number of aldehydes is 1. The third kappa shape index (κ3) is 3.00. The van der Waals surface area contributed by atoms with Crippen molar-refractivity contribution in [3.8, 4) is 0 Å². The molecule has 0 N–H and O–H groups in total. The van der Waals surface area contributed by atoms with E-state index in [2.05, 4.69) is 0 Å². The van der Waals surface area contributed by atoms with E-state index in [9.17, 15) is 14.9 Å². The number of carbonyl (C=O) groups excluding carboxylic acids is 1. The molecule has 0 spiro atoms. The van der Waals surface area contributed by atoms with Gasteiger partial charge in [0.1, 0.15) is 6.29 Å². The summed E-state index contributed by atoms with van der Waals surface area (Å²) in [5, 5.41) is 11.0. The van der Waals surface area contributed by atoms with E-state index in [1.807, 2.05) is 31.2 Å². The van der Waals surface area contributed by atoms with Gasteiger partial charge in [0.15, 0.2) is 0 Å². The van der Waals surface area contributed by atoms with E-state index < -0.39 is 4.92 Å². The van der Waals surface area contributed by atoms with E-state index >= 15 is 0 Å². The van der Waals surface area contributed by atoms with Crippen LogP contribution in [0.5, 0.6) is 0 Å². The van der Waals surface area contributed by atoms with Crippen molar-refractivity contribution in [1.29, 1.82) is 0 Å². The molecular formula is C14H11NO3S. The predicted molar refractivity (Wildman–Crippen MR) is 73.8 cm³/mol. The first kappa shape index (κ1) is 13.3. The van der Waals surface area contributed by atoms with Gasteiger partial charge in [-0.15, -0.1) is 0 Å². The number of benzene rings is 2. The minimum atomic E-state index is -0.465. The van der Waals surface area contributed by atoms with Gasteiger partial charge in [0.05, 0.1) is 9.82 Å². The zero-order chi connectivity index (χ0) is 13.8. The molecule has 0 unspecified atom stereocenters. The largest absolute Gasteiger partial charge is 0.298 e. The Balaban J connectivity index is 2.43. The number of aryl methyl sites for hydroxylation is 1. The third-order valence-electron chi connectivity index (χ3n) is 2.63. The quantitative estimate of drug-likeness (QED) is 0.482. The van der Waals surface area contributed by atoms with Crippen LogP contribution in [0.3, 0.4) is 0 Å². The third-order valence-corrected chi connectivity index (χ3v) is 3.87. The SMILES string of the molecule is Cc1ccccc1Sc1ccc(C=O)cc1[N+](=O)[O-]. The first-order valence-electron chi connectivity index (χ1n) is 5.59. The normalized spacial score (nSPS) is 10.2. The molecule has 0 aromatic heterocycles. The van der Waals surface area contributed by atoms with Gasteiger partial charge in [0, 0.05) is 16.5 Å². The molecule has 0 amide bonds. The molecule has 0 fully saturated rings. The second-order valence-corrected chi connectivity index (χ2v) is 5.05. The first-order valence-corrected chi connectivity index (χ1v) is 6.40. The molecule has 0 aliphatic rings. The number of hydrogen-bond donors (Lipinski definition) is 0. The summed E-state index contributed by atoms with van der Waals surface area (Å²) >= 11 is 1.33. The number of nitro groups is 1. The van der Waals surface area contributed by atoms with Crippen molar-refractivity contribution >= 4 is 23.7 Å². The molecule has 0 saturated carbocycles. The molecule has 4 nitrogen and oxygen atoms in total. The lowest BCUT2D eigenvalue weighted by atomic mass is 10.2. The fourth-order valence-electron chi connectivity index (χ4n) is 1.63. The predicted octanol–water partition coefficient (Wildman–Crippen LogP) is 3.87. The van der Waals surface area contributed by atoms with Gasteiger partial charge >= 0.3 is 0 Å². The highest BCUT2D eigenvalue weighted by molar-refractivity contribution is 7.99. The lowest BCUT2D eigenvalue weighted by Gasteiger charge is -2.06. The summed E-state index contributed by atoms with van der Waals surface area (Å²) in [6, 6.07) is 12.2. The minimum absolute atomic E-state index is 0.0437. The van der Waals surface area contributed by atoms with Crippen molar-refractivity contribution in [2.24, 2.45) is 0 Å². The summed E-state index contributed by atoms with van der Waals surface area (Å²) in [5.74, 6) is 0. The van der Waals surface area contributed by atoms with Crippen LogP contribution in [0.1, 0.15) is 15.9 Å². The Labute approximate surface area is 114 Å². The summed E-state index contributed by atoms with van der Waals surface area (Å²) in [6.07, 6.45) is 0.606. The molecule has 19 heavy (non-hydrogen) atoms. The molecule has 0 aliphatic carbocycles. The van der Waals surface area contributed by atoms with Crippen molar-refractivity contribution in [3.63, 3.8) is 0 Å². The van der Waals surface area contributed by atoms with Gasteiger partial charge < -0.3 is 0 Å². The highest BCUT2D eigenvalue weighted by Crippen LogP contribution is 2.36. The topological polar surface area (TPSA) is 60.2 Å². The maximum absolute atomic E-state index is 11.0. The number of rotatable bonds is 4. The lowest BCUT2D eigenvalue weighted by Crippen LogP contribution is -1.93. The van der Waals surface area contributed by atoms with Crippen LogP contribution in [0.25, 0.3) is 0 Å². The molecule has 0 aliphatic heterocycles. The fraction of sp³-hybridized carbons (Fsp3) is 0.0714. The van der Waals surface area contributed by atoms with Gasteiger partial charge in [-0.3, -0.25) is 14.9 Å². The summed E-state index contributed by atoms with van der Waals surface area (Å²) in [7, 11) is 0. The van der Waals surface area contributed by atoms with Crippen LogP contribution in [0, 0.1) is 17.0 Å². The van der Waals surface area contributed by atoms with Crippen LogP contribution in [-0.2, 0) is 0 Å². The average molecular weight is 273 g/mol. The van der Waals surface area contributed by atoms with Crippen LogP contribution in [0.4, 0.5) is 5.69 Å². The van der Waals surface area contributed by atoms with Crippen LogP contribution in [0.2, 0.25) is 0 Å². The van der Waals surface area contributed by atoms with Gasteiger partial charge in [0.2, 0.25) is 0 Å². The van der Waals surface area contributed by atoms with E-state index in [0.717, 1.165) is 10.5 Å². The molecule has 96 valence electrons. The highest BCUT2D eigenvalue weighted by Gasteiger charge is 2.16. The molecule has 0 atom stereocenters. The van der Waals surface area contributed by atoms with E-state index in [-0.39, 0.29) is 5.69 Å². The standard InChI is InChI=1S/C14H11NO3S/c1-10-4-2-3-5-13(10)19-14-7-6-11(9-16)8-12(14)15(17)18/h2-9H,1H3. The number of hydrogen-bond acceptors (Lipinski definition) is 4. The molecule has 2 aromatic rings. The van der Waals surface area contributed by atoms with Crippen LogP contribution in [-0.4, -0.2) is 11.2 Å². The Hall–Kier alpha value is -2.14. The molecule has 5 heteroatoms. The second kappa shape index (κ2) is 5.67. The number of carbonyl (C=O) groups is 1. The van der Waals surface area contributed by atoms with Gasteiger partial charge in [-0.05, 0) is 24.6 Å². The van der Waals surface area contributed by atoms with Gasteiger partial charge in [-0.2, -0.15) is 0 Å². The maximum Gasteiger partial charge on any atom is 0.283 e. The highest BCUT2D eigenvalue weighted by atomic mass is 32.2. The van der Waals surface area contributed by atoms with Crippen LogP contribution < -0.4 is 0 Å². The first-order chi connectivity index (χ1) is 9.11. The summed E-state index contributed by atoms with van der Waals surface area (Å²) in [4.78, 5) is 22.7. The van der Waals surface area contributed by atoms with E-state index in [4.69, 9.17) is 0 Å². The van der Waals surface area contributed by atoms with Crippen molar-refractivity contribution in [1.82, 2.24) is 0 Å². The monoisotopic (exact) mass is 273 g/mol. The zero-order valence-corrected chi connectivity index (χ0v) is 11.0. The Morgan fingerprint density at radius 2 is 1.89 bits per heavy atom. The molecular weight excluding hydrogens is 262 g/mol. The minimum Gasteiger partial charge on any atom is -0.298 e. The molecule has 2 aromatic carbocycles. The van der Waals surface area contributed by atoms with E-state index in [0.29, 0.717) is 16.7 Å². The number of nitrogens with zero attached hydrogens (tertiary/aromatic N) is 1. The molecule has 0 saturated heterocycles. The molecule has 2 rings (SSSR count). The lowest BCUT2D eigenvalue weighted by molar-refractivity contribution is -0.387. The number of nitro benzene ring substituents is 1. The van der Waals surface area contributed by atoms with Crippen molar-refractivity contribution < 1.29 is 9.72 Å². The van der Waals surface area contributed by atoms with Crippen LogP contribution >= 0.6 is 11.8 Å². The maximum atomic E-state index is 11.0. The zero-order valence-electron chi connectivity index (χ0n) is 10.2. The van der Waals surface area contributed by atoms with E-state index in [1.165, 1.54) is 17.8 Å². The molecule has 0 bridgehead atoms. The summed E-state index contributed by atoms with van der Waals surface area (Å²) in [6.45, 7) is 1.95. The van der Waals surface area contributed by atoms with Crippen LogP contribution in [0.15, 0.2) is 52.3 Å². The molecule has 0 heterocycles. The Bertz CT molecular complexity index is 640.